The summed E-state index contributed by atoms with van der Waals surface area (Å²) >= 11 is 1.32. The van der Waals surface area contributed by atoms with Gasteiger partial charge in [-0.1, -0.05) is 41.7 Å². The number of anilines is 1. The van der Waals surface area contributed by atoms with Crippen molar-refractivity contribution in [2.24, 2.45) is 0 Å². The molecule has 1 aromatic carbocycles. The maximum Gasteiger partial charge on any atom is 0.240 e. The molecule has 2 heterocycles. The fourth-order valence-corrected chi connectivity index (χ4v) is 3.29. The minimum atomic E-state index is -0.0937. The topological polar surface area (TPSA) is 76.6 Å². The Morgan fingerprint density at radius 2 is 2.25 bits per heavy atom. The summed E-state index contributed by atoms with van der Waals surface area (Å²) in [7, 11) is 1.60. The van der Waals surface area contributed by atoms with Crippen molar-refractivity contribution in [3.05, 3.63) is 40.9 Å². The number of hydrogen-bond donors (Lipinski definition) is 1. The molecule has 24 heavy (non-hydrogen) atoms. The van der Waals surface area contributed by atoms with E-state index in [1.807, 2.05) is 30.3 Å². The third-order valence-corrected chi connectivity index (χ3v) is 4.48. The second-order valence-corrected chi connectivity index (χ2v) is 6.55. The van der Waals surface area contributed by atoms with E-state index in [9.17, 15) is 4.79 Å². The van der Waals surface area contributed by atoms with Gasteiger partial charge in [0.25, 0.3) is 0 Å². The van der Waals surface area contributed by atoms with E-state index >= 15 is 0 Å². The minimum absolute atomic E-state index is 0.00239. The van der Waals surface area contributed by atoms with Crippen molar-refractivity contribution < 1.29 is 14.3 Å². The third-order valence-electron chi connectivity index (χ3n) is 3.67. The molecule has 1 saturated heterocycles. The Morgan fingerprint density at radius 3 is 3.04 bits per heavy atom. The van der Waals surface area contributed by atoms with Crippen molar-refractivity contribution >= 4 is 22.4 Å². The number of hydrogen-bond acceptors (Lipinski definition) is 7. The molecule has 1 aromatic heterocycles. The van der Waals surface area contributed by atoms with E-state index in [2.05, 4.69) is 20.4 Å². The van der Waals surface area contributed by atoms with Crippen molar-refractivity contribution in [1.29, 1.82) is 0 Å². The average molecular weight is 348 g/mol. The van der Waals surface area contributed by atoms with Gasteiger partial charge in [0.2, 0.25) is 11.0 Å². The van der Waals surface area contributed by atoms with Gasteiger partial charge < -0.3 is 9.47 Å². The van der Waals surface area contributed by atoms with Crippen LogP contribution in [0.3, 0.4) is 0 Å². The van der Waals surface area contributed by atoms with Crippen LogP contribution in [-0.2, 0) is 20.9 Å². The molecule has 8 heteroatoms. The van der Waals surface area contributed by atoms with Gasteiger partial charge in [0.05, 0.1) is 19.3 Å². The van der Waals surface area contributed by atoms with Gasteiger partial charge in [0.15, 0.2) is 0 Å². The van der Waals surface area contributed by atoms with Gasteiger partial charge in [0.1, 0.15) is 11.6 Å². The number of ether oxygens (including phenoxy) is 2. The molecule has 128 valence electrons. The molecule has 1 aliphatic rings. The zero-order valence-electron chi connectivity index (χ0n) is 13.5. The van der Waals surface area contributed by atoms with Crippen LogP contribution in [0, 0.1) is 0 Å². The lowest BCUT2D eigenvalue weighted by atomic mass is 10.1. The van der Waals surface area contributed by atoms with Crippen LogP contribution >= 0.6 is 11.3 Å². The number of carbonyl (C=O) groups is 1. The van der Waals surface area contributed by atoms with Crippen LogP contribution < -0.4 is 5.32 Å². The van der Waals surface area contributed by atoms with E-state index in [4.69, 9.17) is 9.47 Å². The van der Waals surface area contributed by atoms with Crippen molar-refractivity contribution in [1.82, 2.24) is 15.1 Å². The van der Waals surface area contributed by atoms with Gasteiger partial charge in [-0.15, -0.1) is 10.2 Å². The SMILES string of the molecule is COCc1nnc(NC(=O)CN2CCO[C@@H](c3ccccc3)C2)s1. The Morgan fingerprint density at radius 1 is 1.42 bits per heavy atom. The summed E-state index contributed by atoms with van der Waals surface area (Å²) in [5.74, 6) is -0.0937. The van der Waals surface area contributed by atoms with Gasteiger partial charge >= 0.3 is 0 Å². The highest BCUT2D eigenvalue weighted by atomic mass is 32.1. The largest absolute Gasteiger partial charge is 0.377 e. The number of nitrogens with one attached hydrogen (secondary N) is 1. The lowest BCUT2D eigenvalue weighted by Crippen LogP contribution is -2.42. The van der Waals surface area contributed by atoms with E-state index in [1.54, 1.807) is 7.11 Å². The van der Waals surface area contributed by atoms with Crippen LogP contribution in [0.15, 0.2) is 30.3 Å². The molecule has 0 saturated carbocycles. The summed E-state index contributed by atoms with van der Waals surface area (Å²) in [5.41, 5.74) is 1.14. The Labute approximate surface area is 144 Å². The number of amides is 1. The molecule has 0 radical (unpaired) electrons. The first-order chi connectivity index (χ1) is 11.7. The number of methoxy groups -OCH3 is 1. The van der Waals surface area contributed by atoms with Crippen LogP contribution in [0.2, 0.25) is 0 Å². The van der Waals surface area contributed by atoms with E-state index in [0.29, 0.717) is 31.4 Å². The molecular weight excluding hydrogens is 328 g/mol. The molecule has 0 bridgehead atoms. The summed E-state index contributed by atoms with van der Waals surface area (Å²) in [6.45, 7) is 2.76. The monoisotopic (exact) mass is 348 g/mol. The highest BCUT2D eigenvalue weighted by molar-refractivity contribution is 7.15. The first-order valence-electron chi connectivity index (χ1n) is 7.74. The highest BCUT2D eigenvalue weighted by Gasteiger charge is 2.23. The molecular formula is C16H20N4O3S. The lowest BCUT2D eigenvalue weighted by molar-refractivity contribution is -0.119. The van der Waals surface area contributed by atoms with Gasteiger partial charge in [-0.3, -0.25) is 15.0 Å². The maximum absolute atomic E-state index is 12.2. The summed E-state index contributed by atoms with van der Waals surface area (Å²) in [6.07, 6.45) is 0.00239. The summed E-state index contributed by atoms with van der Waals surface area (Å²) in [4.78, 5) is 14.3. The number of benzene rings is 1. The Balaban J connectivity index is 1.52. The minimum Gasteiger partial charge on any atom is -0.377 e. The smallest absolute Gasteiger partial charge is 0.240 e. The van der Waals surface area contributed by atoms with Crippen molar-refractivity contribution in [2.45, 2.75) is 12.7 Å². The molecule has 7 nitrogen and oxygen atoms in total. The van der Waals surface area contributed by atoms with Crippen LogP contribution in [0.25, 0.3) is 0 Å². The van der Waals surface area contributed by atoms with E-state index in [1.165, 1.54) is 11.3 Å². The van der Waals surface area contributed by atoms with Crippen molar-refractivity contribution in [3.63, 3.8) is 0 Å². The van der Waals surface area contributed by atoms with Crippen molar-refractivity contribution in [3.8, 4) is 0 Å². The molecule has 1 aliphatic heterocycles. The van der Waals surface area contributed by atoms with Crippen molar-refractivity contribution in [2.75, 3.05) is 38.7 Å². The fourth-order valence-electron chi connectivity index (χ4n) is 2.56. The van der Waals surface area contributed by atoms with Gasteiger partial charge in [-0.25, -0.2) is 0 Å². The van der Waals surface area contributed by atoms with E-state index < -0.39 is 0 Å². The zero-order chi connectivity index (χ0) is 16.8. The molecule has 2 aromatic rings. The predicted octanol–water partition coefficient (Wildman–Crippen LogP) is 1.70. The summed E-state index contributed by atoms with van der Waals surface area (Å²) < 4.78 is 10.8. The number of morpholine rings is 1. The van der Waals surface area contributed by atoms with E-state index in [-0.39, 0.29) is 12.0 Å². The normalized spacial score (nSPS) is 18.5. The predicted molar refractivity (Wildman–Crippen MR) is 90.8 cm³/mol. The van der Waals surface area contributed by atoms with Crippen LogP contribution in [0.4, 0.5) is 5.13 Å². The second kappa shape index (κ2) is 8.29. The number of nitrogens with zero attached hydrogens (tertiary/aromatic N) is 3. The van der Waals surface area contributed by atoms with Gasteiger partial charge in [0, 0.05) is 20.2 Å². The summed E-state index contributed by atoms with van der Waals surface area (Å²) in [5, 5.41) is 11.9. The number of aromatic nitrogens is 2. The van der Waals surface area contributed by atoms with Gasteiger partial charge in [-0.2, -0.15) is 0 Å². The summed E-state index contributed by atoms with van der Waals surface area (Å²) in [6, 6.07) is 10.1. The number of carbonyl (C=O) groups excluding carboxylic acids is 1. The molecule has 3 rings (SSSR count). The molecule has 1 N–H and O–H groups in total. The fraction of sp³-hybridized carbons (Fsp3) is 0.438. The third kappa shape index (κ3) is 4.57. The Hall–Kier alpha value is -1.87. The van der Waals surface area contributed by atoms with Crippen LogP contribution in [-0.4, -0.2) is 54.4 Å². The maximum atomic E-state index is 12.2. The molecule has 1 fully saturated rings. The van der Waals surface area contributed by atoms with Crippen LogP contribution in [0.5, 0.6) is 0 Å². The first kappa shape index (κ1) is 17.0. The van der Waals surface area contributed by atoms with Gasteiger partial charge in [-0.05, 0) is 5.56 Å². The quantitative estimate of drug-likeness (QED) is 0.856. The Kier molecular flexibility index (Phi) is 5.86. The zero-order valence-corrected chi connectivity index (χ0v) is 14.3. The lowest BCUT2D eigenvalue weighted by Gasteiger charge is -2.32. The molecule has 1 amide bonds. The van der Waals surface area contributed by atoms with E-state index in [0.717, 1.165) is 17.1 Å². The van der Waals surface area contributed by atoms with Crippen LogP contribution in [0.1, 0.15) is 16.7 Å². The molecule has 0 aliphatic carbocycles. The average Bonchev–Trinajstić information content (AvgIpc) is 3.03. The molecule has 0 unspecified atom stereocenters. The number of rotatable bonds is 6. The Bertz CT molecular complexity index is 664. The highest BCUT2D eigenvalue weighted by Crippen LogP contribution is 2.22. The molecule has 1 atom stereocenters. The second-order valence-electron chi connectivity index (χ2n) is 5.49. The molecule has 0 spiro atoms. The standard InChI is InChI=1S/C16H20N4O3S/c1-22-11-15-18-19-16(24-15)17-14(21)10-20-7-8-23-13(9-20)12-5-3-2-4-6-12/h2-6,13H,7-11H2,1H3,(H,17,19,21)/t13-/m1/s1. The first-order valence-corrected chi connectivity index (χ1v) is 8.56.